The molecule has 0 radical (unpaired) electrons. The molecule has 8 heteroatoms. The molecule has 1 aromatic carbocycles. The first kappa shape index (κ1) is 21.1. The van der Waals surface area contributed by atoms with Crippen LogP contribution in [0.2, 0.25) is 0 Å². The topological polar surface area (TPSA) is 78.5 Å². The molecule has 2 N–H and O–H groups in total. The summed E-state index contributed by atoms with van der Waals surface area (Å²) in [5, 5.41) is 2.85. The number of nitrogens with zero attached hydrogens (tertiary/aromatic N) is 1. The van der Waals surface area contributed by atoms with Crippen LogP contribution in [0.15, 0.2) is 27.6 Å². The van der Waals surface area contributed by atoms with Crippen LogP contribution in [0.4, 0.5) is 0 Å². The standard InChI is InChI=1S/C16H26BrN3O3S/c1-11(2)20(12(3)4)9-8-19-16(21)14-10-13(6-7-15(14)17)24(22,23)18-5/h6-7,10-12,18H,8-9H2,1-5H3,(H,19,21). The highest BCUT2D eigenvalue weighted by molar-refractivity contribution is 9.10. The summed E-state index contributed by atoms with van der Waals surface area (Å²) in [6, 6.07) is 5.16. The van der Waals surface area contributed by atoms with Crippen molar-refractivity contribution in [1.29, 1.82) is 0 Å². The predicted molar refractivity (Wildman–Crippen MR) is 99.7 cm³/mol. The molecule has 0 heterocycles. The van der Waals surface area contributed by atoms with E-state index in [9.17, 15) is 13.2 Å². The molecule has 0 aromatic heterocycles. The van der Waals surface area contributed by atoms with E-state index in [0.29, 0.717) is 28.7 Å². The molecule has 0 unspecified atom stereocenters. The molecule has 0 aliphatic carbocycles. The highest BCUT2D eigenvalue weighted by atomic mass is 79.9. The average Bonchev–Trinajstić information content (AvgIpc) is 2.50. The maximum absolute atomic E-state index is 12.4. The van der Waals surface area contributed by atoms with E-state index in [1.165, 1.54) is 19.2 Å². The third-order valence-corrected chi connectivity index (χ3v) is 5.85. The third kappa shape index (κ3) is 5.54. The Balaban J connectivity index is 2.83. The molecule has 0 fully saturated rings. The largest absolute Gasteiger partial charge is 0.351 e. The monoisotopic (exact) mass is 419 g/mol. The fourth-order valence-corrected chi connectivity index (χ4v) is 3.65. The molecular formula is C16H26BrN3O3S. The molecule has 0 aliphatic rings. The van der Waals surface area contributed by atoms with Gasteiger partial charge in [0.15, 0.2) is 0 Å². The second-order valence-corrected chi connectivity index (χ2v) is 8.77. The first-order valence-electron chi connectivity index (χ1n) is 7.87. The zero-order valence-electron chi connectivity index (χ0n) is 14.8. The molecule has 1 amide bonds. The molecule has 0 aliphatic heterocycles. The van der Waals surface area contributed by atoms with E-state index in [4.69, 9.17) is 0 Å². The van der Waals surface area contributed by atoms with E-state index in [1.807, 2.05) is 0 Å². The fraction of sp³-hybridized carbons (Fsp3) is 0.562. The average molecular weight is 420 g/mol. The Hall–Kier alpha value is -0.960. The number of hydrogen-bond acceptors (Lipinski definition) is 4. The van der Waals surface area contributed by atoms with Crippen LogP contribution >= 0.6 is 15.9 Å². The number of carbonyl (C=O) groups excluding carboxylic acids is 1. The van der Waals surface area contributed by atoms with Crippen molar-refractivity contribution in [3.05, 3.63) is 28.2 Å². The van der Waals surface area contributed by atoms with Crippen LogP contribution in [-0.2, 0) is 10.0 Å². The van der Waals surface area contributed by atoms with Gasteiger partial charge in [-0.2, -0.15) is 0 Å². The maximum Gasteiger partial charge on any atom is 0.252 e. The first-order valence-corrected chi connectivity index (χ1v) is 10.1. The smallest absolute Gasteiger partial charge is 0.252 e. The van der Waals surface area contributed by atoms with Gasteiger partial charge in [-0.15, -0.1) is 0 Å². The number of benzene rings is 1. The minimum absolute atomic E-state index is 0.0596. The van der Waals surface area contributed by atoms with Crippen LogP contribution in [-0.4, -0.2) is 51.4 Å². The Morgan fingerprint density at radius 2 is 1.79 bits per heavy atom. The van der Waals surface area contributed by atoms with E-state index in [0.717, 1.165) is 6.54 Å². The lowest BCUT2D eigenvalue weighted by atomic mass is 10.2. The van der Waals surface area contributed by atoms with Crippen molar-refractivity contribution >= 4 is 31.9 Å². The van der Waals surface area contributed by atoms with Gasteiger partial charge in [-0.1, -0.05) is 0 Å². The minimum atomic E-state index is -3.59. The van der Waals surface area contributed by atoms with Gasteiger partial charge in [-0.25, -0.2) is 13.1 Å². The van der Waals surface area contributed by atoms with Gasteiger partial charge >= 0.3 is 0 Å². The predicted octanol–water partition coefficient (Wildman–Crippen LogP) is 2.21. The lowest BCUT2D eigenvalue weighted by molar-refractivity contribution is 0.0938. The molecule has 0 spiro atoms. The zero-order valence-corrected chi connectivity index (χ0v) is 17.2. The van der Waals surface area contributed by atoms with Gasteiger partial charge in [-0.05, 0) is 68.9 Å². The van der Waals surface area contributed by atoms with E-state index in [-0.39, 0.29) is 10.8 Å². The van der Waals surface area contributed by atoms with Crippen molar-refractivity contribution in [3.63, 3.8) is 0 Å². The Bertz CT molecular complexity index is 667. The number of hydrogen-bond donors (Lipinski definition) is 2. The van der Waals surface area contributed by atoms with Crippen molar-refractivity contribution in [2.45, 2.75) is 44.7 Å². The number of nitrogens with one attached hydrogen (secondary N) is 2. The number of carbonyl (C=O) groups is 1. The molecule has 0 saturated heterocycles. The summed E-state index contributed by atoms with van der Waals surface area (Å²) in [6.45, 7) is 9.68. The summed E-state index contributed by atoms with van der Waals surface area (Å²) >= 11 is 3.30. The maximum atomic E-state index is 12.4. The van der Waals surface area contributed by atoms with Gasteiger partial charge in [0.1, 0.15) is 0 Å². The van der Waals surface area contributed by atoms with Gasteiger partial charge in [-0.3, -0.25) is 9.69 Å². The van der Waals surface area contributed by atoms with Crippen LogP contribution in [0.25, 0.3) is 0 Å². The SMILES string of the molecule is CNS(=O)(=O)c1ccc(Br)c(C(=O)NCCN(C(C)C)C(C)C)c1. The van der Waals surface area contributed by atoms with Crippen LogP contribution in [0.5, 0.6) is 0 Å². The molecule has 24 heavy (non-hydrogen) atoms. The number of amides is 1. The highest BCUT2D eigenvalue weighted by Gasteiger charge is 2.18. The van der Waals surface area contributed by atoms with Gasteiger partial charge in [0, 0.05) is 29.6 Å². The summed E-state index contributed by atoms with van der Waals surface area (Å²) in [4.78, 5) is 14.7. The van der Waals surface area contributed by atoms with E-state index < -0.39 is 10.0 Å². The first-order chi connectivity index (χ1) is 11.1. The summed E-state index contributed by atoms with van der Waals surface area (Å²) in [5.41, 5.74) is 0.298. The van der Waals surface area contributed by atoms with Crippen LogP contribution < -0.4 is 10.0 Å². The third-order valence-electron chi connectivity index (χ3n) is 3.74. The van der Waals surface area contributed by atoms with Crippen molar-refractivity contribution in [1.82, 2.24) is 14.9 Å². The lowest BCUT2D eigenvalue weighted by Crippen LogP contribution is -2.42. The number of rotatable bonds is 8. The Labute approximate surface area is 153 Å². The Morgan fingerprint density at radius 3 is 2.29 bits per heavy atom. The summed E-state index contributed by atoms with van der Waals surface area (Å²) in [7, 11) is -2.25. The Morgan fingerprint density at radius 1 is 1.21 bits per heavy atom. The summed E-state index contributed by atoms with van der Waals surface area (Å²) in [6.07, 6.45) is 0. The molecule has 136 valence electrons. The molecule has 0 saturated carbocycles. The van der Waals surface area contributed by atoms with Crippen LogP contribution in [0, 0.1) is 0 Å². The second kappa shape index (κ2) is 8.94. The van der Waals surface area contributed by atoms with Gasteiger partial charge < -0.3 is 5.32 Å². The van der Waals surface area contributed by atoms with E-state index >= 15 is 0 Å². The van der Waals surface area contributed by atoms with Crippen LogP contribution in [0.1, 0.15) is 38.1 Å². The Kier molecular flexibility index (Phi) is 7.85. The molecule has 6 nitrogen and oxygen atoms in total. The summed E-state index contributed by atoms with van der Waals surface area (Å²) in [5.74, 6) is -0.303. The second-order valence-electron chi connectivity index (χ2n) is 6.03. The van der Waals surface area contributed by atoms with Crippen molar-refractivity contribution in [2.75, 3.05) is 20.1 Å². The van der Waals surface area contributed by atoms with Gasteiger partial charge in [0.25, 0.3) is 5.91 Å². The van der Waals surface area contributed by atoms with E-state index in [1.54, 1.807) is 6.07 Å². The fourth-order valence-electron chi connectivity index (χ4n) is 2.47. The molecule has 0 bridgehead atoms. The molecule has 1 rings (SSSR count). The minimum Gasteiger partial charge on any atom is -0.351 e. The van der Waals surface area contributed by atoms with Crippen molar-refractivity contribution < 1.29 is 13.2 Å². The molecule has 1 aromatic rings. The van der Waals surface area contributed by atoms with Gasteiger partial charge in [0.2, 0.25) is 10.0 Å². The quantitative estimate of drug-likeness (QED) is 0.676. The lowest BCUT2D eigenvalue weighted by Gasteiger charge is -2.30. The molecular weight excluding hydrogens is 394 g/mol. The normalized spacial score (nSPS) is 12.2. The highest BCUT2D eigenvalue weighted by Crippen LogP contribution is 2.21. The molecule has 0 atom stereocenters. The van der Waals surface area contributed by atoms with Crippen molar-refractivity contribution in [3.8, 4) is 0 Å². The number of halogens is 1. The number of sulfonamides is 1. The van der Waals surface area contributed by atoms with Gasteiger partial charge in [0.05, 0.1) is 10.5 Å². The zero-order chi connectivity index (χ0) is 18.5. The van der Waals surface area contributed by atoms with E-state index in [2.05, 4.69) is 58.6 Å². The van der Waals surface area contributed by atoms with Crippen LogP contribution in [0.3, 0.4) is 0 Å². The van der Waals surface area contributed by atoms with Crippen molar-refractivity contribution in [2.24, 2.45) is 0 Å². The summed E-state index contributed by atoms with van der Waals surface area (Å²) < 4.78 is 26.6.